The van der Waals surface area contributed by atoms with E-state index in [1.54, 1.807) is 23.0 Å². The molecule has 0 atom stereocenters. The number of carbonyl (C=O) groups is 2. The zero-order valence-corrected chi connectivity index (χ0v) is 14.5. The molecule has 0 saturated heterocycles. The predicted molar refractivity (Wildman–Crippen MR) is 88.2 cm³/mol. The average molecular weight is 382 g/mol. The number of benzene rings is 2. The third-order valence-corrected chi connectivity index (χ3v) is 5.10. The number of rotatable bonds is 4. The summed E-state index contributed by atoms with van der Waals surface area (Å²) < 4.78 is 2.84. The first-order chi connectivity index (χ1) is 9.58. The average Bonchev–Trinajstić information content (AvgIpc) is 2.47. The molecule has 0 aliphatic rings. The first kappa shape index (κ1) is 23.1. The van der Waals surface area contributed by atoms with Crippen molar-refractivity contribution in [3.05, 3.63) is 65.7 Å². The van der Waals surface area contributed by atoms with Gasteiger partial charge in [0.25, 0.3) is 0 Å². The van der Waals surface area contributed by atoms with Crippen molar-refractivity contribution in [2.75, 3.05) is 7.05 Å². The number of amides is 1. The second kappa shape index (κ2) is 10.5. The van der Waals surface area contributed by atoms with Crippen molar-refractivity contribution in [1.82, 2.24) is 3.86 Å². The van der Waals surface area contributed by atoms with E-state index in [0.717, 1.165) is 4.40 Å². The van der Waals surface area contributed by atoms with Crippen LogP contribution in [0.15, 0.2) is 54.6 Å². The maximum atomic E-state index is 12.3. The van der Waals surface area contributed by atoms with Crippen LogP contribution in [0.5, 0.6) is 0 Å². The van der Waals surface area contributed by atoms with Crippen molar-refractivity contribution >= 4 is 31.9 Å². The summed E-state index contributed by atoms with van der Waals surface area (Å²) in [6, 6.07) is 16.0. The smallest absolute Gasteiger partial charge is 0.412 e. The Morgan fingerprint density at radius 3 is 2.04 bits per heavy atom. The number of carboxylic acid groups (broad SMARTS) is 1. The van der Waals surface area contributed by atoms with Crippen LogP contribution in [0, 0.1) is 0 Å². The molecule has 23 heavy (non-hydrogen) atoms. The van der Waals surface area contributed by atoms with Gasteiger partial charge < -0.3 is 16.4 Å². The molecule has 0 heterocycles. The maximum Gasteiger partial charge on any atom is -0.412 e. The normalized spacial score (nSPS) is 8.74. The third kappa shape index (κ3) is 6.21. The predicted octanol–water partition coefficient (Wildman–Crippen LogP) is -1.07. The molecule has 0 aliphatic carbocycles. The summed E-state index contributed by atoms with van der Waals surface area (Å²) in [6.45, 7) is 0. The van der Waals surface area contributed by atoms with Gasteiger partial charge in [-0.05, 0) is 0 Å². The van der Waals surface area contributed by atoms with E-state index in [0.29, 0.717) is 5.56 Å². The van der Waals surface area contributed by atoms with Crippen LogP contribution in [-0.2, 0) is 0 Å². The van der Waals surface area contributed by atoms with Gasteiger partial charge in [-0.1, -0.05) is 0 Å². The van der Waals surface area contributed by atoms with E-state index in [-0.39, 0.29) is 27.9 Å². The summed E-state index contributed by atoms with van der Waals surface area (Å²) in [5.41, 5.74) is 0.538. The molecule has 0 unspecified atom stereocenters. The van der Waals surface area contributed by atoms with E-state index in [1.807, 2.05) is 30.3 Å². The summed E-state index contributed by atoms with van der Waals surface area (Å²) in [5.74, 6) is -1.17. The van der Waals surface area contributed by atoms with Crippen LogP contribution in [0.2, 0.25) is 0 Å². The van der Waals surface area contributed by atoms with E-state index < -0.39 is 21.6 Å². The summed E-state index contributed by atoms with van der Waals surface area (Å²) in [4.78, 5) is 23.2. The number of hydrogen-bond acceptors (Lipinski definition) is 2. The molecule has 2 radical (unpaired) electrons. The third-order valence-electron chi connectivity index (χ3n) is 2.73. The molecule has 2 rings (SSSR count). The van der Waals surface area contributed by atoms with Gasteiger partial charge in [-0.2, -0.15) is 0 Å². The van der Waals surface area contributed by atoms with Gasteiger partial charge in [0.15, 0.2) is 0 Å². The molecule has 7 nitrogen and oxygen atoms in total. The molecule has 8 heteroatoms. The second-order valence-electron chi connectivity index (χ2n) is 4.23. The molecule has 0 spiro atoms. The van der Waals surface area contributed by atoms with Crippen LogP contribution >= 0.6 is 0 Å². The van der Waals surface area contributed by atoms with Gasteiger partial charge in [0, 0.05) is 0 Å². The van der Waals surface area contributed by atoms with Crippen LogP contribution in [0.3, 0.4) is 0 Å². The van der Waals surface area contributed by atoms with Gasteiger partial charge in [0.2, 0.25) is 0 Å². The number of nitrogens with zero attached hydrogens (tertiary/aromatic N) is 1. The van der Waals surface area contributed by atoms with Crippen molar-refractivity contribution in [1.29, 1.82) is 0 Å². The Hall–Kier alpha value is -2.20. The fourth-order valence-corrected chi connectivity index (χ4v) is 3.75. The van der Waals surface area contributed by atoms with Crippen LogP contribution in [-0.4, -0.2) is 60.0 Å². The summed E-state index contributed by atoms with van der Waals surface area (Å²) in [5, 5.41) is 8.95. The minimum atomic E-state index is -1.03. The monoisotopic (exact) mass is 383 g/mol. The van der Waals surface area contributed by atoms with Crippen LogP contribution < -0.4 is 4.40 Å². The number of hydrogen-bond donors (Lipinski definition) is 1. The minimum Gasteiger partial charge on any atom is -0.412 e. The zero-order valence-electron chi connectivity index (χ0n) is 12.4. The fraction of sp³-hybridized carbons (Fsp3) is 0.0667. The molecule has 1 amide bonds. The number of carboxylic acids is 1. The van der Waals surface area contributed by atoms with E-state index in [1.165, 1.54) is 12.1 Å². The fourth-order valence-electron chi connectivity index (χ4n) is 1.74. The molecule has 0 aromatic heterocycles. The minimum absolute atomic E-state index is 0. The number of aromatic carboxylic acids is 1. The van der Waals surface area contributed by atoms with Crippen molar-refractivity contribution in [2.24, 2.45) is 0 Å². The van der Waals surface area contributed by atoms with Gasteiger partial charge in [-0.3, -0.25) is 0 Å². The summed E-state index contributed by atoms with van der Waals surface area (Å²) in [7, 11) is 1.75. The molecule has 0 fully saturated rings. The largest absolute Gasteiger partial charge is 0.412 e. The van der Waals surface area contributed by atoms with Gasteiger partial charge in [-0.15, -0.1) is 0 Å². The first-order valence-electron chi connectivity index (χ1n) is 6.01. The van der Waals surface area contributed by atoms with Gasteiger partial charge in [0.05, 0.1) is 0 Å². The van der Waals surface area contributed by atoms with E-state index in [2.05, 4.69) is 0 Å². The zero-order chi connectivity index (χ0) is 14.5. The summed E-state index contributed by atoms with van der Waals surface area (Å²) >= 11 is -0.738. The molecule has 7 N–H and O–H groups in total. The summed E-state index contributed by atoms with van der Waals surface area (Å²) in [6.07, 6.45) is 0. The van der Waals surface area contributed by atoms with Gasteiger partial charge >= 0.3 is 123 Å². The maximum absolute atomic E-state index is 12.3. The molecule has 0 saturated carbocycles. The Morgan fingerprint density at radius 2 is 1.48 bits per heavy atom. The Kier molecular flexibility index (Phi) is 10.5. The second-order valence-corrected chi connectivity index (χ2v) is 7.32. The molecule has 2 aromatic rings. The molecular weight excluding hydrogens is 363 g/mol. The topological polar surface area (TPSA) is 152 Å². The number of carbonyl (C=O) groups excluding carboxylic acids is 1. The van der Waals surface area contributed by atoms with E-state index in [9.17, 15) is 9.59 Å². The van der Waals surface area contributed by atoms with E-state index >= 15 is 0 Å². The van der Waals surface area contributed by atoms with Crippen molar-refractivity contribution in [3.8, 4) is 0 Å². The van der Waals surface area contributed by atoms with Gasteiger partial charge in [-0.25, -0.2) is 0 Å². The van der Waals surface area contributed by atoms with Crippen LogP contribution in [0.1, 0.15) is 20.7 Å². The molecule has 0 aliphatic heterocycles. The van der Waals surface area contributed by atoms with Crippen LogP contribution in [0.4, 0.5) is 0 Å². The molecule has 0 bridgehead atoms. The Labute approximate surface area is 140 Å². The van der Waals surface area contributed by atoms with Crippen molar-refractivity contribution in [3.63, 3.8) is 0 Å². The molecule has 2 aromatic carbocycles. The van der Waals surface area contributed by atoms with Gasteiger partial charge in [0.1, 0.15) is 0 Å². The Bertz CT molecular complexity index is 635. The standard InChI is InChI=1S/C15H13GeNO3.3H2O/c1-17(16-13-8-3-2-4-9-13)14(18)11-6-5-7-12(10-11)15(19)20;;;/h2-10H,1H3,(H,19,20);3*1H2. The first-order valence-corrected chi connectivity index (χ1v) is 8.00. The molecular formula is C15H19GeNO6. The Balaban J connectivity index is 0. The van der Waals surface area contributed by atoms with Crippen molar-refractivity contribution in [2.45, 2.75) is 0 Å². The quantitative estimate of drug-likeness (QED) is 0.670. The van der Waals surface area contributed by atoms with E-state index in [4.69, 9.17) is 5.11 Å². The molecule has 124 valence electrons. The van der Waals surface area contributed by atoms with Crippen molar-refractivity contribution < 1.29 is 31.1 Å². The van der Waals surface area contributed by atoms with Crippen LogP contribution in [0.25, 0.3) is 0 Å². The Morgan fingerprint density at radius 1 is 0.913 bits per heavy atom. The SMILES string of the molecule is C[N]([Ge][c]1ccccc1)C(=O)c1cccc(C(=O)O)c1.O.O.O.